The van der Waals surface area contributed by atoms with Crippen LogP contribution in [-0.4, -0.2) is 5.78 Å². The number of hydrogen-bond donors (Lipinski definition) is 0. The highest BCUT2D eigenvalue weighted by Gasteiger charge is 2.15. The summed E-state index contributed by atoms with van der Waals surface area (Å²) in [5.74, 6) is -0.00470. The average Bonchev–Trinajstić information content (AvgIpc) is 2.50. The van der Waals surface area contributed by atoms with E-state index in [1.165, 1.54) is 0 Å². The van der Waals surface area contributed by atoms with E-state index in [9.17, 15) is 4.79 Å². The quantitative estimate of drug-likeness (QED) is 0.483. The molecule has 0 fully saturated rings. The number of para-hydroxylation sites is 1. The minimum atomic E-state index is -0.00470. The van der Waals surface area contributed by atoms with Gasteiger partial charge in [-0.1, -0.05) is 35.3 Å². The lowest BCUT2D eigenvalue weighted by atomic mass is 10.1. The molecule has 3 rings (SSSR count). The fourth-order valence-electron chi connectivity index (χ4n) is 2.27. The van der Waals surface area contributed by atoms with Crippen molar-refractivity contribution in [1.29, 1.82) is 0 Å². The SMILES string of the molecule is O=C(C[n+]1cccc2ccccc21)c1ccc(Cl)c(Cl)c1.[Br-]. The Hall–Kier alpha value is -1.42. The summed E-state index contributed by atoms with van der Waals surface area (Å²) in [5.41, 5.74) is 1.58. The molecule has 2 nitrogen and oxygen atoms in total. The first-order chi connectivity index (χ1) is 10.1. The lowest BCUT2D eigenvalue weighted by Gasteiger charge is -2.03. The number of hydrogen-bond acceptors (Lipinski definition) is 1. The third kappa shape index (κ3) is 3.49. The van der Waals surface area contributed by atoms with Gasteiger partial charge in [-0.3, -0.25) is 4.79 Å². The minimum absolute atomic E-state index is 0. The first-order valence-electron chi connectivity index (χ1n) is 6.50. The molecule has 3 aromatic rings. The molecule has 0 aliphatic carbocycles. The first-order valence-corrected chi connectivity index (χ1v) is 7.26. The lowest BCUT2D eigenvalue weighted by molar-refractivity contribution is -0.657. The number of benzene rings is 2. The van der Waals surface area contributed by atoms with Gasteiger partial charge in [-0.25, -0.2) is 0 Å². The van der Waals surface area contributed by atoms with Crippen LogP contribution in [0.5, 0.6) is 0 Å². The summed E-state index contributed by atoms with van der Waals surface area (Å²) < 4.78 is 1.93. The van der Waals surface area contributed by atoms with Crippen molar-refractivity contribution in [3.05, 3.63) is 76.4 Å². The molecular formula is C17H12BrCl2NO. The highest BCUT2D eigenvalue weighted by atomic mass is 79.9. The maximum absolute atomic E-state index is 12.4. The largest absolute Gasteiger partial charge is 1.00 e. The first kappa shape index (κ1) is 16.9. The van der Waals surface area contributed by atoms with Crippen molar-refractivity contribution in [2.24, 2.45) is 0 Å². The third-order valence-corrected chi connectivity index (χ3v) is 4.08. The van der Waals surface area contributed by atoms with Gasteiger partial charge in [0.1, 0.15) is 0 Å². The molecule has 0 saturated carbocycles. The van der Waals surface area contributed by atoms with Crippen LogP contribution in [0, 0.1) is 0 Å². The summed E-state index contributed by atoms with van der Waals surface area (Å²) in [7, 11) is 0. The zero-order chi connectivity index (χ0) is 14.8. The molecule has 0 radical (unpaired) electrons. The standard InChI is InChI=1S/C17H12Cl2NO.BrH/c18-14-8-7-13(10-15(14)19)17(21)11-20-9-3-5-12-4-1-2-6-16(12)20;/h1-10H,11H2;1H/q+1;/p-1. The smallest absolute Gasteiger partial charge is 0.227 e. The maximum Gasteiger partial charge on any atom is 0.227 e. The van der Waals surface area contributed by atoms with Gasteiger partial charge < -0.3 is 17.0 Å². The van der Waals surface area contributed by atoms with Gasteiger partial charge in [0.15, 0.2) is 6.20 Å². The van der Waals surface area contributed by atoms with Crippen molar-refractivity contribution in [3.63, 3.8) is 0 Å². The van der Waals surface area contributed by atoms with Gasteiger partial charge in [0, 0.05) is 23.1 Å². The monoisotopic (exact) mass is 395 g/mol. The van der Waals surface area contributed by atoms with Crippen molar-refractivity contribution >= 4 is 39.9 Å². The van der Waals surface area contributed by atoms with Crippen LogP contribution in [0.2, 0.25) is 10.0 Å². The Morgan fingerprint density at radius 2 is 1.68 bits per heavy atom. The molecule has 0 spiro atoms. The molecular weight excluding hydrogens is 385 g/mol. The van der Waals surface area contributed by atoms with Gasteiger partial charge in [0.2, 0.25) is 17.8 Å². The molecule has 5 heteroatoms. The second-order valence-electron chi connectivity index (χ2n) is 4.75. The Morgan fingerprint density at radius 1 is 0.955 bits per heavy atom. The van der Waals surface area contributed by atoms with E-state index < -0.39 is 0 Å². The molecule has 0 atom stereocenters. The maximum atomic E-state index is 12.4. The van der Waals surface area contributed by atoms with E-state index in [1.54, 1.807) is 18.2 Å². The second kappa shape index (κ2) is 7.23. The van der Waals surface area contributed by atoms with Crippen LogP contribution in [0.15, 0.2) is 60.8 Å². The zero-order valence-corrected chi connectivity index (χ0v) is 14.6. The number of rotatable bonds is 3. The van der Waals surface area contributed by atoms with Gasteiger partial charge >= 0.3 is 0 Å². The predicted octanol–water partition coefficient (Wildman–Crippen LogP) is 1.32. The van der Waals surface area contributed by atoms with Crippen LogP contribution in [-0.2, 0) is 6.54 Å². The Labute approximate surface area is 149 Å². The van der Waals surface area contributed by atoms with E-state index >= 15 is 0 Å². The van der Waals surface area contributed by atoms with Crippen LogP contribution in [0.4, 0.5) is 0 Å². The highest BCUT2D eigenvalue weighted by Crippen LogP contribution is 2.22. The number of pyridine rings is 1. The molecule has 0 aliphatic rings. The van der Waals surface area contributed by atoms with Crippen LogP contribution < -0.4 is 21.5 Å². The van der Waals surface area contributed by atoms with Gasteiger partial charge in [-0.05, 0) is 30.3 Å². The van der Waals surface area contributed by atoms with Crippen molar-refractivity contribution in [1.82, 2.24) is 0 Å². The molecule has 112 valence electrons. The number of Topliss-reactive ketones (excluding diaryl/α,β-unsaturated/α-hetero) is 1. The molecule has 0 unspecified atom stereocenters. The van der Waals surface area contributed by atoms with Gasteiger partial charge in [-0.15, -0.1) is 0 Å². The molecule has 1 aromatic heterocycles. The zero-order valence-electron chi connectivity index (χ0n) is 11.5. The van der Waals surface area contributed by atoms with E-state index in [4.69, 9.17) is 23.2 Å². The molecule has 2 aromatic carbocycles. The number of carbonyl (C=O) groups excluding carboxylic acids is 1. The summed E-state index contributed by atoms with van der Waals surface area (Å²) in [6, 6.07) is 16.9. The van der Waals surface area contributed by atoms with E-state index in [1.807, 2.05) is 47.2 Å². The van der Waals surface area contributed by atoms with Gasteiger partial charge in [0.05, 0.1) is 10.0 Å². The van der Waals surface area contributed by atoms with E-state index in [0.717, 1.165) is 10.9 Å². The number of carbonyl (C=O) groups is 1. The minimum Gasteiger partial charge on any atom is -1.00 e. The average molecular weight is 397 g/mol. The third-order valence-electron chi connectivity index (χ3n) is 3.34. The van der Waals surface area contributed by atoms with Gasteiger partial charge in [-0.2, -0.15) is 4.57 Å². The molecule has 22 heavy (non-hydrogen) atoms. The summed E-state index contributed by atoms with van der Waals surface area (Å²) in [5, 5.41) is 1.94. The molecule has 0 N–H and O–H groups in total. The second-order valence-corrected chi connectivity index (χ2v) is 5.56. The Balaban J connectivity index is 0.00000176. The van der Waals surface area contributed by atoms with Crippen molar-refractivity contribution in [3.8, 4) is 0 Å². The summed E-state index contributed by atoms with van der Waals surface area (Å²) >= 11 is 11.8. The van der Waals surface area contributed by atoms with Crippen LogP contribution in [0.25, 0.3) is 10.9 Å². The molecule has 0 amide bonds. The number of aromatic nitrogens is 1. The van der Waals surface area contributed by atoms with Crippen molar-refractivity contribution < 1.29 is 26.3 Å². The normalized spacial score (nSPS) is 10.3. The van der Waals surface area contributed by atoms with E-state index in [2.05, 4.69) is 0 Å². The summed E-state index contributed by atoms with van der Waals surface area (Å²) in [6.07, 6.45) is 1.90. The molecule has 0 saturated heterocycles. The van der Waals surface area contributed by atoms with Crippen LogP contribution >= 0.6 is 23.2 Å². The summed E-state index contributed by atoms with van der Waals surface area (Å²) in [4.78, 5) is 12.4. The number of halogens is 3. The fourth-order valence-corrected chi connectivity index (χ4v) is 2.57. The predicted molar refractivity (Wildman–Crippen MR) is 84.9 cm³/mol. The van der Waals surface area contributed by atoms with Crippen LogP contribution in [0.1, 0.15) is 10.4 Å². The number of fused-ring (bicyclic) bond motifs is 1. The fraction of sp³-hybridized carbons (Fsp3) is 0.0588. The Bertz CT molecular complexity index is 831. The Kier molecular flexibility index (Phi) is 5.57. The van der Waals surface area contributed by atoms with Crippen molar-refractivity contribution in [2.45, 2.75) is 6.54 Å². The van der Waals surface area contributed by atoms with Crippen LogP contribution in [0.3, 0.4) is 0 Å². The van der Waals surface area contributed by atoms with E-state index in [-0.39, 0.29) is 29.3 Å². The van der Waals surface area contributed by atoms with Gasteiger partial charge in [0.25, 0.3) is 0 Å². The lowest BCUT2D eigenvalue weighted by Crippen LogP contribution is -3.00. The number of ketones is 1. The highest BCUT2D eigenvalue weighted by molar-refractivity contribution is 6.42. The van der Waals surface area contributed by atoms with Crippen molar-refractivity contribution in [2.75, 3.05) is 0 Å². The molecule has 1 heterocycles. The molecule has 0 bridgehead atoms. The summed E-state index contributed by atoms with van der Waals surface area (Å²) in [6.45, 7) is 0.263. The Morgan fingerprint density at radius 3 is 2.45 bits per heavy atom. The van der Waals surface area contributed by atoms with E-state index in [0.29, 0.717) is 15.6 Å². The number of nitrogens with zero attached hydrogens (tertiary/aromatic N) is 1. The molecule has 0 aliphatic heterocycles. The topological polar surface area (TPSA) is 20.9 Å².